The first-order chi connectivity index (χ1) is 12.7. The van der Waals surface area contributed by atoms with Crippen LogP contribution < -0.4 is 15.5 Å². The first kappa shape index (κ1) is 20.1. The highest BCUT2D eigenvalue weighted by molar-refractivity contribution is 5.81. The Morgan fingerprint density at radius 3 is 2.38 bits per heavy atom. The number of rotatable bonds is 8. The molecule has 2 N–H and O–H groups in total. The highest BCUT2D eigenvalue weighted by Gasteiger charge is 2.20. The summed E-state index contributed by atoms with van der Waals surface area (Å²) in [7, 11) is 1.76. The molecular formula is C20H33N5O. The quantitative estimate of drug-likeness (QED) is 0.424. The first-order valence-corrected chi connectivity index (χ1v) is 9.77. The number of benzene rings is 1. The van der Waals surface area contributed by atoms with E-state index in [-0.39, 0.29) is 5.91 Å². The Kier molecular flexibility index (Phi) is 8.79. The van der Waals surface area contributed by atoms with E-state index in [1.54, 1.807) is 7.05 Å². The fourth-order valence-electron chi connectivity index (χ4n) is 3.10. The van der Waals surface area contributed by atoms with Gasteiger partial charge >= 0.3 is 0 Å². The number of anilines is 1. The van der Waals surface area contributed by atoms with Crippen molar-refractivity contribution in [3.8, 4) is 0 Å². The molecule has 1 aliphatic heterocycles. The van der Waals surface area contributed by atoms with Gasteiger partial charge in [0.05, 0.1) is 0 Å². The van der Waals surface area contributed by atoms with Crippen molar-refractivity contribution < 1.29 is 4.79 Å². The highest BCUT2D eigenvalue weighted by Crippen LogP contribution is 2.15. The third kappa shape index (κ3) is 6.58. The van der Waals surface area contributed by atoms with Crippen LogP contribution in [0.25, 0.3) is 0 Å². The Hall–Kier alpha value is -2.24. The van der Waals surface area contributed by atoms with Crippen LogP contribution in [0.5, 0.6) is 0 Å². The number of hydrogen-bond donors (Lipinski definition) is 2. The number of guanidine groups is 1. The maximum atomic E-state index is 12.4. The monoisotopic (exact) mass is 359 g/mol. The van der Waals surface area contributed by atoms with Gasteiger partial charge in [0.15, 0.2) is 5.96 Å². The first-order valence-electron chi connectivity index (χ1n) is 9.77. The van der Waals surface area contributed by atoms with Crippen molar-refractivity contribution in [1.29, 1.82) is 0 Å². The zero-order valence-electron chi connectivity index (χ0n) is 16.2. The fraction of sp³-hybridized carbons (Fsp3) is 0.600. The SMILES string of the molecule is CCCCCNC(=NC)NCCC(=O)N1CCN(c2ccccc2)CC1. The van der Waals surface area contributed by atoms with Crippen LogP contribution in [0, 0.1) is 0 Å². The molecule has 1 amide bonds. The maximum Gasteiger partial charge on any atom is 0.224 e. The van der Waals surface area contributed by atoms with Crippen molar-refractivity contribution >= 4 is 17.6 Å². The predicted octanol–water partition coefficient (Wildman–Crippen LogP) is 2.08. The van der Waals surface area contributed by atoms with Gasteiger partial charge in [0.1, 0.15) is 0 Å². The standard InChI is InChI=1S/C20H33N5O/c1-3-4-8-12-22-20(21-2)23-13-11-19(26)25-16-14-24(15-17-25)18-9-6-5-7-10-18/h5-7,9-10H,3-4,8,11-17H2,1-2H3,(H2,21,22,23). The number of unbranched alkanes of at least 4 members (excludes halogenated alkanes) is 2. The van der Waals surface area contributed by atoms with E-state index in [1.165, 1.54) is 18.5 Å². The number of nitrogens with zero attached hydrogens (tertiary/aromatic N) is 3. The van der Waals surface area contributed by atoms with Crippen molar-refractivity contribution in [2.75, 3.05) is 51.2 Å². The molecule has 6 heteroatoms. The van der Waals surface area contributed by atoms with E-state index >= 15 is 0 Å². The van der Waals surface area contributed by atoms with Crippen LogP contribution in [0.4, 0.5) is 5.69 Å². The summed E-state index contributed by atoms with van der Waals surface area (Å²) in [6.07, 6.45) is 4.07. The Bertz CT molecular complexity index is 553. The number of hydrogen-bond acceptors (Lipinski definition) is 3. The van der Waals surface area contributed by atoms with Crippen LogP contribution in [0.3, 0.4) is 0 Å². The number of nitrogens with one attached hydrogen (secondary N) is 2. The fourth-order valence-corrected chi connectivity index (χ4v) is 3.10. The van der Waals surface area contributed by atoms with Crippen LogP contribution in [-0.2, 0) is 4.79 Å². The summed E-state index contributed by atoms with van der Waals surface area (Å²) < 4.78 is 0. The average Bonchev–Trinajstić information content (AvgIpc) is 2.70. The van der Waals surface area contributed by atoms with Gasteiger partial charge in [-0.1, -0.05) is 38.0 Å². The zero-order chi connectivity index (χ0) is 18.6. The molecular weight excluding hydrogens is 326 g/mol. The van der Waals surface area contributed by atoms with Crippen LogP contribution in [0.2, 0.25) is 0 Å². The molecule has 6 nitrogen and oxygen atoms in total. The van der Waals surface area contributed by atoms with Crippen molar-refractivity contribution in [2.24, 2.45) is 4.99 Å². The van der Waals surface area contributed by atoms with Gasteiger partial charge in [-0.2, -0.15) is 0 Å². The van der Waals surface area contributed by atoms with Crippen molar-refractivity contribution in [1.82, 2.24) is 15.5 Å². The number of piperazine rings is 1. The Morgan fingerprint density at radius 2 is 1.73 bits per heavy atom. The van der Waals surface area contributed by atoms with Crippen LogP contribution in [0.15, 0.2) is 35.3 Å². The van der Waals surface area contributed by atoms with Crippen LogP contribution in [0.1, 0.15) is 32.6 Å². The van der Waals surface area contributed by atoms with Gasteiger partial charge < -0.3 is 20.4 Å². The van der Waals surface area contributed by atoms with Gasteiger partial charge in [0, 0.05) is 58.4 Å². The van der Waals surface area contributed by atoms with Gasteiger partial charge in [0.25, 0.3) is 0 Å². The molecule has 1 aliphatic rings. The molecule has 0 atom stereocenters. The molecule has 0 bridgehead atoms. The lowest BCUT2D eigenvalue weighted by Crippen LogP contribution is -2.49. The van der Waals surface area contributed by atoms with E-state index in [9.17, 15) is 4.79 Å². The summed E-state index contributed by atoms with van der Waals surface area (Å²) in [6.45, 7) is 7.09. The summed E-state index contributed by atoms with van der Waals surface area (Å²) in [5.74, 6) is 0.995. The average molecular weight is 360 g/mol. The lowest BCUT2D eigenvalue weighted by Gasteiger charge is -2.36. The molecule has 144 valence electrons. The van der Waals surface area contributed by atoms with E-state index in [0.29, 0.717) is 13.0 Å². The molecule has 0 aromatic heterocycles. The van der Waals surface area contributed by atoms with Gasteiger partial charge in [-0.05, 0) is 18.6 Å². The predicted molar refractivity (Wildman–Crippen MR) is 109 cm³/mol. The molecule has 2 rings (SSSR count). The molecule has 0 saturated carbocycles. The molecule has 0 unspecified atom stereocenters. The van der Waals surface area contributed by atoms with Gasteiger partial charge in [-0.15, -0.1) is 0 Å². The molecule has 0 spiro atoms. The highest BCUT2D eigenvalue weighted by atomic mass is 16.2. The van der Waals surface area contributed by atoms with Crippen LogP contribution >= 0.6 is 0 Å². The van der Waals surface area contributed by atoms with E-state index in [1.807, 2.05) is 11.0 Å². The zero-order valence-corrected chi connectivity index (χ0v) is 16.2. The molecule has 1 heterocycles. The Morgan fingerprint density at radius 1 is 1.04 bits per heavy atom. The number of carbonyl (C=O) groups excluding carboxylic acids is 1. The lowest BCUT2D eigenvalue weighted by atomic mass is 10.2. The summed E-state index contributed by atoms with van der Waals surface area (Å²) in [5.41, 5.74) is 1.24. The smallest absolute Gasteiger partial charge is 0.224 e. The van der Waals surface area contributed by atoms with E-state index in [4.69, 9.17) is 0 Å². The van der Waals surface area contributed by atoms with E-state index in [2.05, 4.69) is 51.7 Å². The third-order valence-corrected chi connectivity index (χ3v) is 4.68. The van der Waals surface area contributed by atoms with Crippen molar-refractivity contribution in [3.05, 3.63) is 30.3 Å². The second-order valence-corrected chi connectivity index (χ2v) is 6.59. The second kappa shape index (κ2) is 11.4. The van der Waals surface area contributed by atoms with E-state index in [0.717, 1.165) is 45.1 Å². The van der Waals surface area contributed by atoms with Gasteiger partial charge in [-0.25, -0.2) is 0 Å². The molecule has 1 aromatic rings. The normalized spacial score (nSPS) is 15.1. The number of para-hydroxylation sites is 1. The van der Waals surface area contributed by atoms with E-state index < -0.39 is 0 Å². The minimum atomic E-state index is 0.214. The van der Waals surface area contributed by atoms with Crippen molar-refractivity contribution in [2.45, 2.75) is 32.6 Å². The Labute approximate surface area is 157 Å². The summed E-state index contributed by atoms with van der Waals surface area (Å²) in [4.78, 5) is 20.9. The number of aliphatic imine (C=N–C) groups is 1. The second-order valence-electron chi connectivity index (χ2n) is 6.59. The minimum Gasteiger partial charge on any atom is -0.368 e. The Balaban J connectivity index is 1.64. The van der Waals surface area contributed by atoms with Crippen LogP contribution in [-0.4, -0.2) is 63.1 Å². The minimum absolute atomic E-state index is 0.214. The molecule has 1 aromatic carbocycles. The molecule has 1 fully saturated rings. The molecule has 0 radical (unpaired) electrons. The topological polar surface area (TPSA) is 60.0 Å². The largest absolute Gasteiger partial charge is 0.368 e. The lowest BCUT2D eigenvalue weighted by molar-refractivity contribution is -0.131. The molecule has 26 heavy (non-hydrogen) atoms. The molecule has 1 saturated heterocycles. The van der Waals surface area contributed by atoms with Crippen molar-refractivity contribution in [3.63, 3.8) is 0 Å². The molecule has 0 aliphatic carbocycles. The maximum absolute atomic E-state index is 12.4. The van der Waals surface area contributed by atoms with Gasteiger partial charge in [0.2, 0.25) is 5.91 Å². The summed E-state index contributed by atoms with van der Waals surface area (Å²) >= 11 is 0. The summed E-state index contributed by atoms with van der Waals surface area (Å²) in [6, 6.07) is 10.4. The number of amides is 1. The summed E-state index contributed by atoms with van der Waals surface area (Å²) in [5, 5.41) is 6.52. The number of carbonyl (C=O) groups is 1. The van der Waals surface area contributed by atoms with Gasteiger partial charge in [-0.3, -0.25) is 9.79 Å². The third-order valence-electron chi connectivity index (χ3n) is 4.68.